The third kappa shape index (κ3) is 3.52. The van der Waals surface area contributed by atoms with Crippen molar-refractivity contribution in [1.82, 2.24) is 18.9 Å². The van der Waals surface area contributed by atoms with E-state index in [0.29, 0.717) is 30.7 Å². The Balaban J connectivity index is 1.72. The summed E-state index contributed by atoms with van der Waals surface area (Å²) in [7, 11) is -2.01. The lowest BCUT2D eigenvalue weighted by Crippen LogP contribution is -2.48. The monoisotopic (exact) mass is 429 g/mol. The lowest BCUT2D eigenvalue weighted by molar-refractivity contribution is -0.143. The van der Waals surface area contributed by atoms with Crippen molar-refractivity contribution >= 4 is 32.8 Å². The highest BCUT2D eigenvalue weighted by Crippen LogP contribution is 2.29. The van der Waals surface area contributed by atoms with E-state index >= 15 is 0 Å². The number of aromatic nitrogens is 3. The molecule has 4 rings (SSSR count). The molecular formula is C20H23N5O4S. The molecule has 30 heavy (non-hydrogen) atoms. The summed E-state index contributed by atoms with van der Waals surface area (Å²) < 4.78 is 27.4. The maximum absolute atomic E-state index is 13.1. The summed E-state index contributed by atoms with van der Waals surface area (Å²) >= 11 is 0. The van der Waals surface area contributed by atoms with Crippen molar-refractivity contribution in [2.45, 2.75) is 24.7 Å². The fourth-order valence-electron chi connectivity index (χ4n) is 3.76. The summed E-state index contributed by atoms with van der Waals surface area (Å²) in [6.07, 6.45) is 4.21. The number of hydrogen-bond donors (Lipinski definition) is 1. The second kappa shape index (κ2) is 7.69. The van der Waals surface area contributed by atoms with Crippen LogP contribution in [0.15, 0.2) is 47.8 Å². The number of anilines is 1. The van der Waals surface area contributed by atoms with Crippen LogP contribution in [-0.2, 0) is 14.8 Å². The number of carboxylic acid groups (broad SMARTS) is 1. The number of benzene rings is 1. The lowest BCUT2D eigenvalue weighted by atomic mass is 9.99. The van der Waals surface area contributed by atoms with E-state index in [0.717, 1.165) is 16.0 Å². The number of nitrogens with zero attached hydrogens (tertiary/aromatic N) is 5. The summed E-state index contributed by atoms with van der Waals surface area (Å²) in [5.74, 6) is -0.717. The number of carboxylic acids is 1. The molecule has 1 fully saturated rings. The fourth-order valence-corrected chi connectivity index (χ4v) is 5.06. The van der Waals surface area contributed by atoms with Crippen molar-refractivity contribution in [3.63, 3.8) is 0 Å². The number of rotatable bonds is 5. The lowest BCUT2D eigenvalue weighted by Gasteiger charge is -2.37. The molecule has 3 heterocycles. The van der Waals surface area contributed by atoms with Crippen LogP contribution >= 0.6 is 0 Å². The van der Waals surface area contributed by atoms with E-state index in [2.05, 4.69) is 9.97 Å². The molecule has 0 amide bonds. The van der Waals surface area contributed by atoms with Crippen molar-refractivity contribution in [2.75, 3.05) is 25.1 Å². The third-order valence-electron chi connectivity index (χ3n) is 5.48. The molecule has 0 aliphatic carbocycles. The van der Waals surface area contributed by atoms with Gasteiger partial charge in [-0.2, -0.15) is 0 Å². The van der Waals surface area contributed by atoms with E-state index in [1.165, 1.54) is 12.5 Å². The van der Waals surface area contributed by atoms with Crippen LogP contribution in [0.4, 0.5) is 5.82 Å². The summed E-state index contributed by atoms with van der Waals surface area (Å²) in [6.45, 7) is 2.97. The van der Waals surface area contributed by atoms with Crippen LogP contribution in [0.5, 0.6) is 0 Å². The quantitative estimate of drug-likeness (QED) is 0.657. The first-order valence-electron chi connectivity index (χ1n) is 9.65. The Morgan fingerprint density at radius 3 is 2.63 bits per heavy atom. The Kier molecular flexibility index (Phi) is 5.20. The molecule has 1 unspecified atom stereocenters. The van der Waals surface area contributed by atoms with E-state index in [1.54, 1.807) is 42.4 Å². The molecule has 1 aliphatic rings. The number of hydrazine groups is 1. The van der Waals surface area contributed by atoms with Crippen LogP contribution in [-0.4, -0.2) is 58.6 Å². The van der Waals surface area contributed by atoms with Gasteiger partial charge in [-0.05, 0) is 38.0 Å². The Hall–Kier alpha value is -2.98. The number of carbonyl (C=O) groups is 1. The molecule has 1 aliphatic heterocycles. The van der Waals surface area contributed by atoms with Crippen molar-refractivity contribution < 1.29 is 18.3 Å². The molecule has 0 radical (unpaired) electrons. The summed E-state index contributed by atoms with van der Waals surface area (Å²) in [4.78, 5) is 20.1. The topological polar surface area (TPSA) is 109 Å². The third-order valence-corrected chi connectivity index (χ3v) is 7.17. The zero-order valence-corrected chi connectivity index (χ0v) is 17.6. The molecule has 0 saturated carbocycles. The van der Waals surface area contributed by atoms with Gasteiger partial charge in [-0.1, -0.05) is 17.7 Å². The molecule has 158 valence electrons. The fraction of sp³-hybridized carbons (Fsp3) is 0.350. The minimum Gasteiger partial charge on any atom is -0.481 e. The second-order valence-corrected chi connectivity index (χ2v) is 9.29. The standard InChI is InChI=1S/C20H23N5O4S/c1-14-5-7-16(8-6-14)30(28,29)25-11-9-17-18(21-13-22-19(17)25)23(2)24-10-3-4-15(12-24)20(26)27/h5-9,11,13,15H,3-4,10,12H2,1-2H3,(H,26,27). The van der Waals surface area contributed by atoms with Gasteiger partial charge in [0.25, 0.3) is 10.0 Å². The van der Waals surface area contributed by atoms with Gasteiger partial charge in [0.15, 0.2) is 11.5 Å². The van der Waals surface area contributed by atoms with E-state index < -0.39 is 21.9 Å². The van der Waals surface area contributed by atoms with Gasteiger partial charge in [0, 0.05) is 26.3 Å². The first-order valence-corrected chi connectivity index (χ1v) is 11.1. The Bertz CT molecular complexity index is 1190. The van der Waals surface area contributed by atoms with E-state index in [1.807, 2.05) is 11.9 Å². The maximum atomic E-state index is 13.1. The van der Waals surface area contributed by atoms with Crippen LogP contribution in [0.3, 0.4) is 0 Å². The van der Waals surface area contributed by atoms with Crippen LogP contribution in [0, 0.1) is 12.8 Å². The van der Waals surface area contributed by atoms with Crippen LogP contribution in [0.25, 0.3) is 11.0 Å². The van der Waals surface area contributed by atoms with Crippen molar-refractivity contribution in [1.29, 1.82) is 0 Å². The molecule has 1 atom stereocenters. The number of fused-ring (bicyclic) bond motifs is 1. The minimum atomic E-state index is -3.81. The zero-order valence-electron chi connectivity index (χ0n) is 16.8. The smallest absolute Gasteiger partial charge is 0.307 e. The molecule has 0 spiro atoms. The van der Waals surface area contributed by atoms with Crippen LogP contribution in [0.1, 0.15) is 18.4 Å². The van der Waals surface area contributed by atoms with Crippen molar-refractivity contribution in [2.24, 2.45) is 5.92 Å². The van der Waals surface area contributed by atoms with Gasteiger partial charge in [-0.15, -0.1) is 0 Å². The van der Waals surface area contributed by atoms with E-state index in [4.69, 9.17) is 0 Å². The average Bonchev–Trinajstić information content (AvgIpc) is 3.19. The van der Waals surface area contributed by atoms with E-state index in [9.17, 15) is 18.3 Å². The molecular weight excluding hydrogens is 406 g/mol. The Labute approximate surface area is 174 Å². The van der Waals surface area contributed by atoms with Crippen LogP contribution in [0.2, 0.25) is 0 Å². The Morgan fingerprint density at radius 2 is 1.93 bits per heavy atom. The minimum absolute atomic E-state index is 0.180. The number of aryl methyl sites for hydroxylation is 1. The Morgan fingerprint density at radius 1 is 1.20 bits per heavy atom. The highest BCUT2D eigenvalue weighted by molar-refractivity contribution is 7.90. The largest absolute Gasteiger partial charge is 0.481 e. The molecule has 2 aromatic heterocycles. The van der Waals surface area contributed by atoms with Gasteiger partial charge < -0.3 is 5.11 Å². The summed E-state index contributed by atoms with van der Waals surface area (Å²) in [5, 5.41) is 13.7. The van der Waals surface area contributed by atoms with Gasteiger partial charge in [0.1, 0.15) is 6.33 Å². The molecule has 1 N–H and O–H groups in total. The zero-order chi connectivity index (χ0) is 21.5. The van der Waals surface area contributed by atoms with E-state index in [-0.39, 0.29) is 10.5 Å². The number of piperidine rings is 1. The molecule has 1 saturated heterocycles. The average molecular weight is 430 g/mol. The van der Waals surface area contributed by atoms with Gasteiger partial charge in [-0.3, -0.25) is 9.80 Å². The number of hydrogen-bond acceptors (Lipinski definition) is 7. The highest BCUT2D eigenvalue weighted by atomic mass is 32.2. The molecule has 10 heteroatoms. The van der Waals surface area contributed by atoms with Gasteiger partial charge >= 0.3 is 5.97 Å². The highest BCUT2D eigenvalue weighted by Gasteiger charge is 2.29. The second-order valence-electron chi connectivity index (χ2n) is 7.48. The van der Waals surface area contributed by atoms with Crippen LogP contribution < -0.4 is 5.01 Å². The van der Waals surface area contributed by atoms with Crippen molar-refractivity contribution in [3.05, 3.63) is 48.4 Å². The normalized spacial score (nSPS) is 17.9. The predicted octanol–water partition coefficient (Wildman–Crippen LogP) is 2.12. The molecule has 3 aromatic rings. The first kappa shape index (κ1) is 20.3. The summed E-state index contributed by atoms with van der Waals surface area (Å²) in [6, 6.07) is 8.32. The SMILES string of the molecule is Cc1ccc(S(=O)(=O)n2ccc3c(N(C)N4CCCC(C(=O)O)C4)ncnc32)cc1. The predicted molar refractivity (Wildman–Crippen MR) is 112 cm³/mol. The van der Waals surface area contributed by atoms with Crippen molar-refractivity contribution in [3.8, 4) is 0 Å². The first-order chi connectivity index (χ1) is 14.3. The molecule has 9 nitrogen and oxygen atoms in total. The molecule has 0 bridgehead atoms. The van der Waals surface area contributed by atoms with Gasteiger partial charge in [-0.25, -0.2) is 27.4 Å². The van der Waals surface area contributed by atoms with Gasteiger partial charge in [0.05, 0.1) is 16.2 Å². The van der Waals surface area contributed by atoms with Gasteiger partial charge in [0.2, 0.25) is 0 Å². The number of aliphatic carboxylic acids is 1. The summed E-state index contributed by atoms with van der Waals surface area (Å²) in [5.41, 5.74) is 1.25. The maximum Gasteiger partial charge on any atom is 0.307 e. The molecule has 1 aromatic carbocycles.